The van der Waals surface area contributed by atoms with Crippen molar-refractivity contribution in [3.63, 3.8) is 0 Å². The van der Waals surface area contributed by atoms with E-state index in [0.717, 1.165) is 42.2 Å². The lowest BCUT2D eigenvalue weighted by atomic mass is 9.93. The van der Waals surface area contributed by atoms with Gasteiger partial charge in [0.25, 0.3) is 0 Å². The molecule has 7 heteroatoms. The Balaban J connectivity index is 0.00000210. The third-order valence-corrected chi connectivity index (χ3v) is 5.24. The molecule has 1 N–H and O–H groups in total. The number of fused-ring (bicyclic) bond motifs is 1. The average molecular weight is 479 g/mol. The molecule has 27 heavy (non-hydrogen) atoms. The van der Waals surface area contributed by atoms with E-state index in [0.29, 0.717) is 18.5 Å². The number of imidazole rings is 1. The van der Waals surface area contributed by atoms with Gasteiger partial charge in [-0.05, 0) is 24.5 Å². The fourth-order valence-electron chi connectivity index (χ4n) is 3.72. The third kappa shape index (κ3) is 4.28. The van der Waals surface area contributed by atoms with Gasteiger partial charge in [-0.25, -0.2) is 4.98 Å². The Morgan fingerprint density at radius 1 is 1.37 bits per heavy atom. The zero-order valence-electron chi connectivity index (χ0n) is 15.7. The first-order valence-electron chi connectivity index (χ1n) is 9.15. The van der Waals surface area contributed by atoms with E-state index in [1.807, 2.05) is 37.8 Å². The lowest BCUT2D eigenvalue weighted by molar-refractivity contribution is 0.188. The summed E-state index contributed by atoms with van der Waals surface area (Å²) < 4.78 is 8.11. The number of likely N-dealkylation sites (tertiary alicyclic amines) is 1. The minimum absolute atomic E-state index is 0. The molecule has 1 aromatic carbocycles. The summed E-state index contributed by atoms with van der Waals surface area (Å²) in [5.41, 5.74) is 0.922. The summed E-state index contributed by atoms with van der Waals surface area (Å²) in [4.78, 5) is 11.0. The summed E-state index contributed by atoms with van der Waals surface area (Å²) >= 11 is 0. The van der Waals surface area contributed by atoms with E-state index in [9.17, 15) is 0 Å². The van der Waals surface area contributed by atoms with Crippen molar-refractivity contribution in [2.75, 3.05) is 20.1 Å². The number of para-hydroxylation sites is 1. The molecule has 4 rings (SSSR count). The number of benzene rings is 1. The molecule has 2 atom stereocenters. The van der Waals surface area contributed by atoms with Gasteiger partial charge in [-0.15, -0.1) is 24.0 Å². The van der Waals surface area contributed by atoms with Gasteiger partial charge in [0, 0.05) is 37.9 Å². The fourth-order valence-corrected chi connectivity index (χ4v) is 3.72. The maximum absolute atomic E-state index is 5.90. The number of piperidine rings is 1. The first-order chi connectivity index (χ1) is 12.7. The maximum atomic E-state index is 5.90. The Bertz CT molecular complexity index is 856. The van der Waals surface area contributed by atoms with Crippen molar-refractivity contribution in [2.45, 2.75) is 25.9 Å². The smallest absolute Gasteiger partial charge is 0.194 e. The number of hydrogen-bond acceptors (Lipinski definition) is 3. The van der Waals surface area contributed by atoms with Gasteiger partial charge in [0.05, 0.1) is 18.9 Å². The van der Waals surface area contributed by atoms with E-state index in [2.05, 4.69) is 50.0 Å². The first kappa shape index (κ1) is 19.7. The molecule has 1 saturated heterocycles. The van der Waals surface area contributed by atoms with Gasteiger partial charge < -0.3 is 19.2 Å². The third-order valence-electron chi connectivity index (χ3n) is 5.24. The highest BCUT2D eigenvalue weighted by atomic mass is 127. The highest BCUT2D eigenvalue weighted by Crippen LogP contribution is 2.27. The molecule has 1 aliphatic heterocycles. The molecule has 2 aromatic heterocycles. The summed E-state index contributed by atoms with van der Waals surface area (Å²) in [6, 6.07) is 10.6. The summed E-state index contributed by atoms with van der Waals surface area (Å²) in [5.74, 6) is 2.46. The zero-order valence-corrected chi connectivity index (χ0v) is 18.0. The topological polar surface area (TPSA) is 58.6 Å². The lowest BCUT2D eigenvalue weighted by Gasteiger charge is -2.39. The quantitative estimate of drug-likeness (QED) is 0.352. The minimum Gasteiger partial charge on any atom is -0.459 e. The Labute approximate surface area is 176 Å². The number of furan rings is 1. The van der Waals surface area contributed by atoms with Crippen LogP contribution in [0, 0.1) is 5.92 Å². The molecule has 0 spiro atoms. The number of nitrogens with zero attached hydrogens (tertiary/aromatic N) is 4. The number of guanidine groups is 1. The molecule has 1 aliphatic rings. The first-order valence-corrected chi connectivity index (χ1v) is 9.15. The molecule has 0 saturated carbocycles. The number of halogens is 1. The summed E-state index contributed by atoms with van der Waals surface area (Å²) in [6.07, 6.45) is 6.94. The Kier molecular flexibility index (Phi) is 6.41. The van der Waals surface area contributed by atoms with Crippen LogP contribution in [0.5, 0.6) is 0 Å². The van der Waals surface area contributed by atoms with Gasteiger partial charge in [-0.3, -0.25) is 4.99 Å². The van der Waals surface area contributed by atoms with Crippen LogP contribution in [0.3, 0.4) is 0 Å². The van der Waals surface area contributed by atoms with E-state index >= 15 is 0 Å². The van der Waals surface area contributed by atoms with Crippen LogP contribution in [0.4, 0.5) is 0 Å². The van der Waals surface area contributed by atoms with Crippen molar-refractivity contribution >= 4 is 40.9 Å². The van der Waals surface area contributed by atoms with Crippen LogP contribution in [0.1, 0.15) is 25.1 Å². The molecule has 0 radical (unpaired) electrons. The van der Waals surface area contributed by atoms with Gasteiger partial charge in [0.2, 0.25) is 0 Å². The highest BCUT2D eigenvalue weighted by molar-refractivity contribution is 14.0. The number of aromatic nitrogens is 2. The predicted molar refractivity (Wildman–Crippen MR) is 118 cm³/mol. The summed E-state index contributed by atoms with van der Waals surface area (Å²) in [6.45, 7) is 4.87. The fraction of sp³-hybridized carbons (Fsp3) is 0.400. The Hall–Kier alpha value is -2.03. The molecular formula is C20H26IN5O. The van der Waals surface area contributed by atoms with E-state index in [1.54, 1.807) is 0 Å². The second kappa shape index (κ2) is 8.77. The number of aliphatic imine (C=N–C) groups is 1. The molecule has 3 aromatic rings. The second-order valence-electron chi connectivity index (χ2n) is 6.94. The van der Waals surface area contributed by atoms with Crippen molar-refractivity contribution in [3.05, 3.63) is 54.8 Å². The van der Waals surface area contributed by atoms with E-state index in [-0.39, 0.29) is 24.0 Å². The molecule has 1 fully saturated rings. The van der Waals surface area contributed by atoms with Crippen LogP contribution in [-0.2, 0) is 6.54 Å². The molecule has 0 aliphatic carbocycles. The minimum atomic E-state index is 0. The number of nitrogens with one attached hydrogen (secondary N) is 1. The molecule has 0 bridgehead atoms. The van der Waals surface area contributed by atoms with Gasteiger partial charge >= 0.3 is 0 Å². The molecule has 0 amide bonds. The zero-order chi connectivity index (χ0) is 17.9. The molecule has 144 valence electrons. The predicted octanol–water partition coefficient (Wildman–Crippen LogP) is 3.91. The van der Waals surface area contributed by atoms with Gasteiger partial charge in [0.15, 0.2) is 5.96 Å². The van der Waals surface area contributed by atoms with Crippen LogP contribution in [0.25, 0.3) is 11.0 Å². The standard InChI is InChI=1S/C20H25N5O.HI/c1-15-7-9-24(13-18(15)25-10-8-22-14-25)20(21-2)23-12-17-11-16-5-3-4-6-19(16)26-17;/h3-6,8,10-11,14-15,18H,7,9,12-13H2,1-2H3,(H,21,23);1H. The molecule has 2 unspecified atom stereocenters. The van der Waals surface area contributed by atoms with E-state index in [1.165, 1.54) is 0 Å². The normalized spacial score (nSPS) is 20.5. The summed E-state index contributed by atoms with van der Waals surface area (Å²) in [7, 11) is 1.84. The van der Waals surface area contributed by atoms with Crippen LogP contribution < -0.4 is 5.32 Å². The second-order valence-corrected chi connectivity index (χ2v) is 6.94. The Morgan fingerprint density at radius 3 is 2.96 bits per heavy atom. The largest absolute Gasteiger partial charge is 0.459 e. The highest BCUT2D eigenvalue weighted by Gasteiger charge is 2.28. The van der Waals surface area contributed by atoms with Crippen LogP contribution in [-0.4, -0.2) is 40.5 Å². The maximum Gasteiger partial charge on any atom is 0.194 e. The van der Waals surface area contributed by atoms with Crippen molar-refractivity contribution < 1.29 is 4.42 Å². The van der Waals surface area contributed by atoms with Crippen LogP contribution in [0.2, 0.25) is 0 Å². The molecular weight excluding hydrogens is 453 g/mol. The average Bonchev–Trinajstić information content (AvgIpc) is 3.32. The number of hydrogen-bond donors (Lipinski definition) is 1. The Morgan fingerprint density at radius 2 is 2.22 bits per heavy atom. The molecule has 6 nitrogen and oxygen atoms in total. The monoisotopic (exact) mass is 479 g/mol. The molecule has 3 heterocycles. The van der Waals surface area contributed by atoms with E-state index < -0.39 is 0 Å². The van der Waals surface area contributed by atoms with Gasteiger partial charge in [-0.2, -0.15) is 0 Å². The lowest BCUT2D eigenvalue weighted by Crippen LogP contribution is -2.48. The van der Waals surface area contributed by atoms with Crippen LogP contribution >= 0.6 is 24.0 Å². The van der Waals surface area contributed by atoms with Gasteiger partial charge in [0.1, 0.15) is 11.3 Å². The van der Waals surface area contributed by atoms with Gasteiger partial charge in [-0.1, -0.05) is 25.1 Å². The van der Waals surface area contributed by atoms with E-state index in [4.69, 9.17) is 4.42 Å². The van der Waals surface area contributed by atoms with Crippen molar-refractivity contribution in [2.24, 2.45) is 10.9 Å². The van der Waals surface area contributed by atoms with Crippen molar-refractivity contribution in [3.8, 4) is 0 Å². The van der Waals surface area contributed by atoms with Crippen LogP contribution in [0.15, 0.2) is 58.5 Å². The van der Waals surface area contributed by atoms with Crippen molar-refractivity contribution in [1.29, 1.82) is 0 Å². The van der Waals surface area contributed by atoms with Crippen molar-refractivity contribution in [1.82, 2.24) is 19.8 Å². The summed E-state index contributed by atoms with van der Waals surface area (Å²) in [5, 5.41) is 4.59. The SMILES string of the molecule is CN=C(NCc1cc2ccccc2o1)N1CCC(C)C(n2ccnc2)C1.I. The number of rotatable bonds is 3.